The highest BCUT2D eigenvalue weighted by molar-refractivity contribution is 5.98. The molecule has 1 atom stereocenters. The van der Waals surface area contributed by atoms with Gasteiger partial charge in [0.25, 0.3) is 0 Å². The summed E-state index contributed by atoms with van der Waals surface area (Å²) in [7, 11) is 0. The van der Waals surface area contributed by atoms with E-state index >= 15 is 0 Å². The number of nitrogens with one attached hydrogen (secondary N) is 1. The van der Waals surface area contributed by atoms with Gasteiger partial charge in [-0.1, -0.05) is 19.1 Å². The van der Waals surface area contributed by atoms with Crippen molar-refractivity contribution in [2.45, 2.75) is 32.0 Å². The zero-order valence-electron chi connectivity index (χ0n) is 11.2. The molecule has 0 aliphatic carbocycles. The zero-order valence-corrected chi connectivity index (χ0v) is 11.2. The lowest BCUT2D eigenvalue weighted by molar-refractivity contribution is -0.137. The summed E-state index contributed by atoms with van der Waals surface area (Å²) in [5.74, 6) is -0.283. The molecule has 1 heterocycles. The van der Waals surface area contributed by atoms with Crippen molar-refractivity contribution in [3.8, 4) is 0 Å². The van der Waals surface area contributed by atoms with Gasteiger partial charge in [-0.2, -0.15) is 13.2 Å². The fourth-order valence-electron chi connectivity index (χ4n) is 2.50. The van der Waals surface area contributed by atoms with Gasteiger partial charge in [0.05, 0.1) is 17.3 Å². The van der Waals surface area contributed by atoms with Crippen molar-refractivity contribution >= 4 is 11.6 Å². The van der Waals surface area contributed by atoms with Crippen molar-refractivity contribution < 1.29 is 18.0 Å². The SMILES string of the molecule is CCNC1CCCN(c2ccccc2C(F)(F)F)C1=O. The largest absolute Gasteiger partial charge is 0.418 e. The molecule has 1 saturated heterocycles. The first-order chi connectivity index (χ1) is 9.45. The minimum absolute atomic E-state index is 0.0485. The normalized spacial score (nSPS) is 20.3. The molecule has 1 aliphatic rings. The number of anilines is 1. The van der Waals surface area contributed by atoms with Crippen molar-refractivity contribution in [1.82, 2.24) is 5.32 Å². The van der Waals surface area contributed by atoms with Gasteiger partial charge in [-0.05, 0) is 31.5 Å². The van der Waals surface area contributed by atoms with Gasteiger partial charge in [-0.15, -0.1) is 0 Å². The number of rotatable bonds is 3. The lowest BCUT2D eigenvalue weighted by Gasteiger charge is -2.34. The molecule has 1 N–H and O–H groups in total. The van der Waals surface area contributed by atoms with Crippen molar-refractivity contribution in [3.05, 3.63) is 29.8 Å². The molecule has 0 bridgehead atoms. The van der Waals surface area contributed by atoms with Crippen LogP contribution in [0, 0.1) is 0 Å². The smallest absolute Gasteiger partial charge is 0.310 e. The first kappa shape index (κ1) is 14.8. The fraction of sp³-hybridized carbons (Fsp3) is 0.500. The first-order valence-electron chi connectivity index (χ1n) is 6.66. The maximum Gasteiger partial charge on any atom is 0.418 e. The summed E-state index contributed by atoms with van der Waals surface area (Å²) >= 11 is 0. The number of nitrogens with zero attached hydrogens (tertiary/aromatic N) is 1. The lowest BCUT2D eigenvalue weighted by atomic mass is 10.0. The number of amides is 1. The molecule has 110 valence electrons. The van der Waals surface area contributed by atoms with Crippen LogP contribution in [0.1, 0.15) is 25.3 Å². The molecule has 1 aromatic carbocycles. The van der Waals surface area contributed by atoms with Gasteiger partial charge in [-0.3, -0.25) is 4.79 Å². The molecule has 0 aromatic heterocycles. The number of benzene rings is 1. The van der Waals surface area contributed by atoms with Crippen LogP contribution in [0.4, 0.5) is 18.9 Å². The van der Waals surface area contributed by atoms with Gasteiger partial charge in [0, 0.05) is 6.54 Å². The standard InChI is InChI=1S/C14H17F3N2O/c1-2-18-11-7-5-9-19(13(11)20)12-8-4-3-6-10(12)14(15,16)17/h3-4,6,8,11,18H,2,5,7,9H2,1H3. The number of alkyl halides is 3. The number of halogens is 3. The van der Waals surface area contributed by atoms with E-state index in [9.17, 15) is 18.0 Å². The molecule has 1 aromatic rings. The van der Waals surface area contributed by atoms with E-state index in [0.717, 1.165) is 6.07 Å². The molecule has 1 unspecified atom stereocenters. The zero-order chi connectivity index (χ0) is 14.8. The Kier molecular flexibility index (Phi) is 4.32. The van der Waals surface area contributed by atoms with Crippen molar-refractivity contribution in [2.75, 3.05) is 18.0 Å². The van der Waals surface area contributed by atoms with Gasteiger partial charge in [-0.25, -0.2) is 0 Å². The molecule has 0 saturated carbocycles. The maximum absolute atomic E-state index is 13.0. The Labute approximate surface area is 115 Å². The summed E-state index contributed by atoms with van der Waals surface area (Å²) in [5, 5.41) is 3.02. The van der Waals surface area contributed by atoms with E-state index in [0.29, 0.717) is 25.9 Å². The Hall–Kier alpha value is -1.56. The average Bonchev–Trinajstić information content (AvgIpc) is 2.40. The predicted molar refractivity (Wildman–Crippen MR) is 70.5 cm³/mol. The molecule has 1 aliphatic heterocycles. The second-order valence-electron chi connectivity index (χ2n) is 4.76. The molecular weight excluding hydrogens is 269 g/mol. The third kappa shape index (κ3) is 2.95. The fourth-order valence-corrected chi connectivity index (χ4v) is 2.50. The summed E-state index contributed by atoms with van der Waals surface area (Å²) in [6, 6.07) is 4.83. The van der Waals surface area contributed by atoms with Crippen LogP contribution in [-0.4, -0.2) is 25.0 Å². The Morgan fingerprint density at radius 2 is 2.05 bits per heavy atom. The highest BCUT2D eigenvalue weighted by Crippen LogP contribution is 2.37. The van der Waals surface area contributed by atoms with Crippen LogP contribution in [0.3, 0.4) is 0 Å². The van der Waals surface area contributed by atoms with Gasteiger partial charge in [0.2, 0.25) is 5.91 Å². The van der Waals surface area contributed by atoms with E-state index in [1.807, 2.05) is 6.92 Å². The monoisotopic (exact) mass is 286 g/mol. The second kappa shape index (κ2) is 5.83. The molecule has 0 spiro atoms. The molecule has 0 radical (unpaired) electrons. The Morgan fingerprint density at radius 3 is 2.70 bits per heavy atom. The molecule has 1 fully saturated rings. The lowest BCUT2D eigenvalue weighted by Crippen LogP contribution is -2.51. The molecule has 6 heteroatoms. The number of carbonyl (C=O) groups excluding carboxylic acids is 1. The number of hydrogen-bond donors (Lipinski definition) is 1. The maximum atomic E-state index is 13.0. The summed E-state index contributed by atoms with van der Waals surface area (Å²) in [4.78, 5) is 13.5. The first-order valence-corrected chi connectivity index (χ1v) is 6.66. The van der Waals surface area contributed by atoms with Crippen LogP contribution in [-0.2, 0) is 11.0 Å². The van der Waals surface area contributed by atoms with Crippen LogP contribution in [0.15, 0.2) is 24.3 Å². The van der Waals surface area contributed by atoms with Crippen LogP contribution < -0.4 is 10.2 Å². The minimum atomic E-state index is -4.46. The Bertz CT molecular complexity index is 486. The molecule has 1 amide bonds. The van der Waals surface area contributed by atoms with Gasteiger partial charge in [0.15, 0.2) is 0 Å². The van der Waals surface area contributed by atoms with E-state index in [-0.39, 0.29) is 11.6 Å². The summed E-state index contributed by atoms with van der Waals surface area (Å²) in [6.07, 6.45) is -3.10. The van der Waals surface area contributed by atoms with Crippen molar-refractivity contribution in [2.24, 2.45) is 0 Å². The van der Waals surface area contributed by atoms with Crippen LogP contribution >= 0.6 is 0 Å². The summed E-state index contributed by atoms with van der Waals surface area (Å²) in [6.45, 7) is 2.81. The molecule has 3 nitrogen and oxygen atoms in total. The predicted octanol–water partition coefficient (Wildman–Crippen LogP) is 2.81. The molecule has 2 rings (SSSR count). The van der Waals surface area contributed by atoms with Crippen molar-refractivity contribution in [1.29, 1.82) is 0 Å². The summed E-state index contributed by atoms with van der Waals surface area (Å²) < 4.78 is 39.1. The van der Waals surface area contributed by atoms with Crippen LogP contribution in [0.2, 0.25) is 0 Å². The number of likely N-dealkylation sites (N-methyl/N-ethyl adjacent to an activating group) is 1. The number of carbonyl (C=O) groups is 1. The third-order valence-electron chi connectivity index (χ3n) is 3.39. The number of para-hydroxylation sites is 1. The van der Waals surface area contributed by atoms with Crippen LogP contribution in [0.5, 0.6) is 0 Å². The van der Waals surface area contributed by atoms with Gasteiger partial charge < -0.3 is 10.2 Å². The molecule has 20 heavy (non-hydrogen) atoms. The third-order valence-corrected chi connectivity index (χ3v) is 3.39. The summed E-state index contributed by atoms with van der Waals surface area (Å²) in [5.41, 5.74) is -0.807. The van der Waals surface area contributed by atoms with E-state index < -0.39 is 17.8 Å². The van der Waals surface area contributed by atoms with E-state index in [1.165, 1.54) is 23.1 Å². The highest BCUT2D eigenvalue weighted by atomic mass is 19.4. The van der Waals surface area contributed by atoms with Gasteiger partial charge >= 0.3 is 6.18 Å². The van der Waals surface area contributed by atoms with Crippen LogP contribution in [0.25, 0.3) is 0 Å². The number of piperidine rings is 1. The number of hydrogen-bond acceptors (Lipinski definition) is 2. The topological polar surface area (TPSA) is 32.3 Å². The van der Waals surface area contributed by atoms with E-state index in [2.05, 4.69) is 5.32 Å². The molecular formula is C14H17F3N2O. The van der Waals surface area contributed by atoms with E-state index in [4.69, 9.17) is 0 Å². The average molecular weight is 286 g/mol. The highest BCUT2D eigenvalue weighted by Gasteiger charge is 2.37. The quantitative estimate of drug-likeness (QED) is 0.926. The minimum Gasteiger partial charge on any atom is -0.310 e. The van der Waals surface area contributed by atoms with Crippen molar-refractivity contribution in [3.63, 3.8) is 0 Å². The van der Waals surface area contributed by atoms with Gasteiger partial charge in [0.1, 0.15) is 0 Å². The Balaban J connectivity index is 2.34. The Morgan fingerprint density at radius 1 is 1.35 bits per heavy atom. The second-order valence-corrected chi connectivity index (χ2v) is 4.76. The van der Waals surface area contributed by atoms with E-state index in [1.54, 1.807) is 0 Å².